The Balaban J connectivity index is 1.90. The molecule has 0 saturated carbocycles. The third-order valence-corrected chi connectivity index (χ3v) is 2.46. The zero-order chi connectivity index (χ0) is 12.8. The second-order valence-electron chi connectivity index (χ2n) is 4.66. The van der Waals surface area contributed by atoms with E-state index in [0.717, 1.165) is 30.3 Å². The number of H-pyrrole nitrogens is 1. The van der Waals surface area contributed by atoms with E-state index in [9.17, 15) is 0 Å². The molecule has 18 heavy (non-hydrogen) atoms. The Morgan fingerprint density at radius 3 is 3.00 bits per heavy atom. The van der Waals surface area contributed by atoms with Gasteiger partial charge in [0.25, 0.3) is 0 Å². The summed E-state index contributed by atoms with van der Waals surface area (Å²) >= 11 is 0. The van der Waals surface area contributed by atoms with Crippen LogP contribution in [0.5, 0.6) is 5.75 Å². The first-order chi connectivity index (χ1) is 8.74. The molecule has 0 spiro atoms. The number of nitrogens with zero attached hydrogens (tertiary/aromatic N) is 1. The minimum Gasteiger partial charge on any atom is -0.493 e. The first-order valence-electron chi connectivity index (χ1n) is 6.18. The van der Waals surface area contributed by atoms with E-state index in [2.05, 4.69) is 29.1 Å². The third kappa shape index (κ3) is 3.80. The Labute approximate surface area is 107 Å². The van der Waals surface area contributed by atoms with E-state index < -0.39 is 0 Å². The molecule has 0 aliphatic carbocycles. The van der Waals surface area contributed by atoms with Crippen molar-refractivity contribution in [2.24, 2.45) is 5.92 Å². The molecule has 0 saturated heterocycles. The van der Waals surface area contributed by atoms with Gasteiger partial charge in [0.05, 0.1) is 25.2 Å². The Hall–Kier alpha value is -1.97. The molecule has 2 N–H and O–H groups in total. The summed E-state index contributed by atoms with van der Waals surface area (Å²) in [5.74, 6) is 1.44. The van der Waals surface area contributed by atoms with Gasteiger partial charge in [-0.15, -0.1) is 0 Å². The van der Waals surface area contributed by atoms with E-state index in [4.69, 9.17) is 4.74 Å². The molecule has 1 heterocycles. The van der Waals surface area contributed by atoms with Gasteiger partial charge in [0, 0.05) is 18.0 Å². The number of imidazole rings is 1. The Morgan fingerprint density at radius 1 is 1.39 bits per heavy atom. The smallest absolute Gasteiger partial charge is 0.121 e. The quantitative estimate of drug-likeness (QED) is 0.822. The average Bonchev–Trinajstić information content (AvgIpc) is 2.87. The maximum Gasteiger partial charge on any atom is 0.121 e. The summed E-state index contributed by atoms with van der Waals surface area (Å²) in [4.78, 5) is 7.04. The highest BCUT2D eigenvalue weighted by Crippen LogP contribution is 2.18. The number of hydrogen-bond acceptors (Lipinski definition) is 3. The highest BCUT2D eigenvalue weighted by Gasteiger charge is 1.99. The molecular weight excluding hydrogens is 226 g/mol. The number of nitrogens with one attached hydrogen (secondary N) is 2. The minimum atomic E-state index is 0.534. The fourth-order valence-corrected chi connectivity index (χ4v) is 1.54. The van der Waals surface area contributed by atoms with Crippen molar-refractivity contribution in [3.05, 3.63) is 42.5 Å². The number of rotatable bonds is 6. The van der Waals surface area contributed by atoms with Crippen LogP contribution in [0.3, 0.4) is 0 Å². The van der Waals surface area contributed by atoms with Crippen molar-refractivity contribution in [1.82, 2.24) is 9.97 Å². The van der Waals surface area contributed by atoms with Crippen LogP contribution in [0.1, 0.15) is 19.5 Å². The number of aromatic amines is 1. The van der Waals surface area contributed by atoms with E-state index in [1.54, 1.807) is 6.33 Å². The molecule has 0 atom stereocenters. The van der Waals surface area contributed by atoms with Crippen molar-refractivity contribution in [2.75, 3.05) is 11.9 Å². The summed E-state index contributed by atoms with van der Waals surface area (Å²) < 4.78 is 5.68. The molecule has 2 rings (SSSR count). The third-order valence-electron chi connectivity index (χ3n) is 2.46. The number of benzene rings is 1. The van der Waals surface area contributed by atoms with Crippen molar-refractivity contribution in [3.8, 4) is 5.75 Å². The molecular formula is C14H19N3O. The van der Waals surface area contributed by atoms with Gasteiger partial charge in [-0.3, -0.25) is 0 Å². The Kier molecular flexibility index (Phi) is 4.23. The van der Waals surface area contributed by atoms with E-state index in [1.807, 2.05) is 30.5 Å². The topological polar surface area (TPSA) is 49.9 Å². The summed E-state index contributed by atoms with van der Waals surface area (Å²) in [5, 5.41) is 3.32. The number of hydrogen-bond donors (Lipinski definition) is 2. The molecule has 0 unspecified atom stereocenters. The normalized spacial score (nSPS) is 10.6. The van der Waals surface area contributed by atoms with Gasteiger partial charge in [-0.2, -0.15) is 0 Å². The van der Waals surface area contributed by atoms with Gasteiger partial charge >= 0.3 is 0 Å². The van der Waals surface area contributed by atoms with E-state index in [1.165, 1.54) is 0 Å². The summed E-state index contributed by atoms with van der Waals surface area (Å²) in [7, 11) is 0. The SMILES string of the molecule is CC(C)COc1cccc(NCc2cnc[nH]2)c1. The molecule has 4 nitrogen and oxygen atoms in total. The molecule has 0 aliphatic heterocycles. The van der Waals surface area contributed by atoms with Crippen molar-refractivity contribution in [2.45, 2.75) is 20.4 Å². The molecule has 0 amide bonds. The van der Waals surface area contributed by atoms with Crippen LogP contribution in [0.15, 0.2) is 36.8 Å². The van der Waals surface area contributed by atoms with Crippen LogP contribution in [0.25, 0.3) is 0 Å². The number of aromatic nitrogens is 2. The van der Waals surface area contributed by atoms with Crippen LogP contribution >= 0.6 is 0 Å². The minimum absolute atomic E-state index is 0.534. The van der Waals surface area contributed by atoms with Gasteiger partial charge in [0.1, 0.15) is 5.75 Å². The fourth-order valence-electron chi connectivity index (χ4n) is 1.54. The van der Waals surface area contributed by atoms with Crippen LogP contribution in [0, 0.1) is 5.92 Å². The van der Waals surface area contributed by atoms with Crippen LogP contribution in [0.4, 0.5) is 5.69 Å². The lowest BCUT2D eigenvalue weighted by molar-refractivity contribution is 0.271. The van der Waals surface area contributed by atoms with Crippen LogP contribution in [-0.2, 0) is 6.54 Å². The number of anilines is 1. The van der Waals surface area contributed by atoms with Gasteiger partial charge < -0.3 is 15.0 Å². The molecule has 0 fully saturated rings. The Morgan fingerprint density at radius 2 is 2.28 bits per heavy atom. The molecule has 1 aromatic carbocycles. The van der Waals surface area contributed by atoms with Gasteiger partial charge in [0.15, 0.2) is 0 Å². The van der Waals surface area contributed by atoms with Gasteiger partial charge in [-0.05, 0) is 18.1 Å². The van der Waals surface area contributed by atoms with E-state index >= 15 is 0 Å². The molecule has 0 aliphatic rings. The van der Waals surface area contributed by atoms with Crippen molar-refractivity contribution in [1.29, 1.82) is 0 Å². The lowest BCUT2D eigenvalue weighted by Gasteiger charge is -2.10. The number of ether oxygens (including phenoxy) is 1. The van der Waals surface area contributed by atoms with Crippen LogP contribution in [0.2, 0.25) is 0 Å². The summed E-state index contributed by atoms with van der Waals surface area (Å²) in [6.45, 7) is 5.75. The van der Waals surface area contributed by atoms with E-state index in [-0.39, 0.29) is 0 Å². The molecule has 0 bridgehead atoms. The summed E-state index contributed by atoms with van der Waals surface area (Å²) in [5.41, 5.74) is 2.11. The maximum absolute atomic E-state index is 5.68. The molecule has 0 radical (unpaired) electrons. The van der Waals surface area contributed by atoms with Crippen molar-refractivity contribution in [3.63, 3.8) is 0 Å². The van der Waals surface area contributed by atoms with Crippen molar-refractivity contribution < 1.29 is 4.74 Å². The highest BCUT2D eigenvalue weighted by atomic mass is 16.5. The molecule has 96 valence electrons. The summed E-state index contributed by atoms with van der Waals surface area (Å²) in [6.07, 6.45) is 3.49. The monoisotopic (exact) mass is 245 g/mol. The average molecular weight is 245 g/mol. The second-order valence-corrected chi connectivity index (χ2v) is 4.66. The van der Waals surface area contributed by atoms with Crippen molar-refractivity contribution >= 4 is 5.69 Å². The highest BCUT2D eigenvalue weighted by molar-refractivity contribution is 5.48. The van der Waals surface area contributed by atoms with Gasteiger partial charge in [0.2, 0.25) is 0 Å². The van der Waals surface area contributed by atoms with Crippen LogP contribution in [-0.4, -0.2) is 16.6 Å². The predicted molar refractivity (Wildman–Crippen MR) is 72.7 cm³/mol. The fraction of sp³-hybridized carbons (Fsp3) is 0.357. The summed E-state index contributed by atoms with van der Waals surface area (Å²) in [6, 6.07) is 8.01. The van der Waals surface area contributed by atoms with Gasteiger partial charge in [-0.1, -0.05) is 19.9 Å². The Bertz CT molecular complexity index is 466. The standard InChI is InChI=1S/C14H19N3O/c1-11(2)9-18-14-5-3-4-12(6-14)16-8-13-7-15-10-17-13/h3-7,10-11,16H,8-9H2,1-2H3,(H,15,17). The first kappa shape index (κ1) is 12.5. The zero-order valence-corrected chi connectivity index (χ0v) is 10.8. The molecule has 2 aromatic rings. The predicted octanol–water partition coefficient (Wildman–Crippen LogP) is 3.06. The maximum atomic E-state index is 5.68. The molecule has 1 aromatic heterocycles. The largest absolute Gasteiger partial charge is 0.493 e. The van der Waals surface area contributed by atoms with E-state index in [0.29, 0.717) is 5.92 Å². The van der Waals surface area contributed by atoms with Gasteiger partial charge in [-0.25, -0.2) is 4.98 Å². The first-order valence-corrected chi connectivity index (χ1v) is 6.18. The molecule has 4 heteroatoms. The lowest BCUT2D eigenvalue weighted by atomic mass is 10.2. The lowest BCUT2D eigenvalue weighted by Crippen LogP contribution is -2.05. The second kappa shape index (κ2) is 6.10. The zero-order valence-electron chi connectivity index (χ0n) is 10.8. The van der Waals surface area contributed by atoms with Crippen LogP contribution < -0.4 is 10.1 Å².